The lowest BCUT2D eigenvalue weighted by Crippen LogP contribution is -2.47. The summed E-state index contributed by atoms with van der Waals surface area (Å²) in [6.07, 6.45) is 4.30. The second kappa shape index (κ2) is 5.94. The summed E-state index contributed by atoms with van der Waals surface area (Å²) >= 11 is 0. The molecule has 116 valence electrons. The van der Waals surface area contributed by atoms with Crippen molar-refractivity contribution in [3.63, 3.8) is 0 Å². The zero-order valence-electron chi connectivity index (χ0n) is 12.2. The first-order valence-electron chi connectivity index (χ1n) is 7.60. The van der Waals surface area contributed by atoms with Crippen molar-refractivity contribution < 1.29 is 8.42 Å². The van der Waals surface area contributed by atoms with Crippen LogP contribution in [0.15, 0.2) is 24.3 Å². The molecule has 2 fully saturated rings. The summed E-state index contributed by atoms with van der Waals surface area (Å²) in [6, 6.07) is 7.72. The fourth-order valence-electron chi connectivity index (χ4n) is 3.53. The van der Waals surface area contributed by atoms with Gasteiger partial charge >= 0.3 is 0 Å². The molecule has 0 saturated carbocycles. The van der Waals surface area contributed by atoms with Crippen LogP contribution in [-0.4, -0.2) is 38.5 Å². The fourth-order valence-corrected chi connectivity index (χ4v) is 4.95. The van der Waals surface area contributed by atoms with Gasteiger partial charge in [0.25, 0.3) is 0 Å². The van der Waals surface area contributed by atoms with Gasteiger partial charge in [0, 0.05) is 17.8 Å². The van der Waals surface area contributed by atoms with Gasteiger partial charge < -0.3 is 10.6 Å². The molecule has 1 aromatic rings. The van der Waals surface area contributed by atoms with Gasteiger partial charge in [0.05, 0.1) is 5.75 Å². The fraction of sp³-hybridized carbons (Fsp3) is 0.600. The van der Waals surface area contributed by atoms with Crippen molar-refractivity contribution in [2.45, 2.75) is 43.5 Å². The second-order valence-electron chi connectivity index (χ2n) is 6.18. The predicted molar refractivity (Wildman–Crippen MR) is 84.2 cm³/mol. The van der Waals surface area contributed by atoms with Crippen LogP contribution in [0.4, 0.5) is 5.69 Å². The third-order valence-corrected chi connectivity index (χ3v) is 5.88. The summed E-state index contributed by atoms with van der Waals surface area (Å²) in [5, 5.41) is 0. The van der Waals surface area contributed by atoms with Gasteiger partial charge in [-0.3, -0.25) is 0 Å². The lowest BCUT2D eigenvalue weighted by atomic mass is 9.99. The smallest absolute Gasteiger partial charge is 0.216 e. The lowest BCUT2D eigenvalue weighted by Gasteiger charge is -2.34. The minimum Gasteiger partial charge on any atom is -0.399 e. The zero-order chi connectivity index (χ0) is 14.9. The maximum absolute atomic E-state index is 12.3. The highest BCUT2D eigenvalue weighted by molar-refractivity contribution is 7.88. The number of fused-ring (bicyclic) bond motifs is 1. The van der Waals surface area contributed by atoms with Crippen LogP contribution < -0.4 is 10.5 Å². The number of sulfonamides is 1. The Balaban J connectivity index is 1.61. The maximum Gasteiger partial charge on any atom is 0.216 e. The number of piperidine rings is 1. The lowest BCUT2D eigenvalue weighted by molar-refractivity contribution is 0.176. The monoisotopic (exact) mass is 309 g/mol. The van der Waals surface area contributed by atoms with Gasteiger partial charge in [-0.05, 0) is 56.5 Å². The van der Waals surface area contributed by atoms with Crippen molar-refractivity contribution in [3.05, 3.63) is 29.8 Å². The molecule has 2 atom stereocenters. The highest BCUT2D eigenvalue weighted by Crippen LogP contribution is 2.27. The van der Waals surface area contributed by atoms with E-state index in [9.17, 15) is 8.42 Å². The molecule has 21 heavy (non-hydrogen) atoms. The van der Waals surface area contributed by atoms with Crippen molar-refractivity contribution in [2.24, 2.45) is 0 Å². The number of nitrogens with one attached hydrogen (secondary N) is 1. The van der Waals surface area contributed by atoms with Crippen LogP contribution in [0.25, 0.3) is 0 Å². The minimum atomic E-state index is -3.30. The Morgan fingerprint density at radius 2 is 2.14 bits per heavy atom. The maximum atomic E-state index is 12.3. The molecular weight excluding hydrogens is 286 g/mol. The Hall–Kier alpha value is -1.11. The van der Waals surface area contributed by atoms with Crippen LogP contribution in [0, 0.1) is 0 Å². The van der Waals surface area contributed by atoms with Crippen LogP contribution >= 0.6 is 0 Å². The number of hydrogen-bond donors (Lipinski definition) is 2. The van der Waals surface area contributed by atoms with Gasteiger partial charge in [0.1, 0.15) is 0 Å². The first-order chi connectivity index (χ1) is 10.0. The summed E-state index contributed by atoms with van der Waals surface area (Å²) in [7, 11) is -3.30. The number of nitrogens with two attached hydrogens (primary N) is 1. The highest BCUT2D eigenvalue weighted by atomic mass is 32.2. The summed E-state index contributed by atoms with van der Waals surface area (Å²) in [5.74, 6) is 0.00290. The summed E-state index contributed by atoms with van der Waals surface area (Å²) < 4.78 is 27.5. The van der Waals surface area contributed by atoms with Gasteiger partial charge in [0.2, 0.25) is 10.0 Å². The van der Waals surface area contributed by atoms with E-state index in [1.165, 1.54) is 19.4 Å². The van der Waals surface area contributed by atoms with Crippen LogP contribution in [0.2, 0.25) is 0 Å². The van der Waals surface area contributed by atoms with E-state index in [1.54, 1.807) is 24.3 Å². The molecule has 0 aliphatic carbocycles. The molecular formula is C15H23N3O2S. The van der Waals surface area contributed by atoms with E-state index in [0.29, 0.717) is 11.7 Å². The van der Waals surface area contributed by atoms with Crippen molar-refractivity contribution in [1.82, 2.24) is 9.62 Å². The van der Waals surface area contributed by atoms with E-state index in [0.717, 1.165) is 24.9 Å². The van der Waals surface area contributed by atoms with Crippen molar-refractivity contribution in [2.75, 3.05) is 18.8 Å². The van der Waals surface area contributed by atoms with Gasteiger partial charge in [-0.1, -0.05) is 12.1 Å². The Labute approximate surface area is 126 Å². The zero-order valence-corrected chi connectivity index (χ0v) is 13.0. The van der Waals surface area contributed by atoms with E-state index in [1.807, 2.05) is 0 Å². The molecule has 0 radical (unpaired) electrons. The topological polar surface area (TPSA) is 75.4 Å². The van der Waals surface area contributed by atoms with E-state index in [2.05, 4.69) is 9.62 Å². The van der Waals surface area contributed by atoms with Crippen LogP contribution in [0.3, 0.4) is 0 Å². The number of anilines is 1. The largest absolute Gasteiger partial charge is 0.399 e. The van der Waals surface area contributed by atoms with Crippen molar-refractivity contribution in [3.8, 4) is 0 Å². The molecule has 1 aromatic carbocycles. The Morgan fingerprint density at radius 1 is 1.29 bits per heavy atom. The summed E-state index contributed by atoms with van der Waals surface area (Å²) in [6.45, 7) is 2.18. The normalized spacial score (nSPS) is 26.7. The Morgan fingerprint density at radius 3 is 2.95 bits per heavy atom. The van der Waals surface area contributed by atoms with Gasteiger partial charge in [-0.25, -0.2) is 13.1 Å². The number of rotatable bonds is 4. The molecule has 6 heteroatoms. The van der Waals surface area contributed by atoms with Gasteiger partial charge in [0.15, 0.2) is 0 Å². The van der Waals surface area contributed by atoms with Crippen LogP contribution in [0.5, 0.6) is 0 Å². The molecule has 2 aliphatic heterocycles. The van der Waals surface area contributed by atoms with E-state index in [-0.39, 0.29) is 11.8 Å². The molecule has 0 amide bonds. The van der Waals surface area contributed by atoms with Gasteiger partial charge in [-0.15, -0.1) is 0 Å². The summed E-state index contributed by atoms with van der Waals surface area (Å²) in [5.41, 5.74) is 7.04. The molecule has 3 N–H and O–H groups in total. The van der Waals surface area contributed by atoms with E-state index in [4.69, 9.17) is 5.73 Å². The molecule has 2 heterocycles. The summed E-state index contributed by atoms with van der Waals surface area (Å²) in [4.78, 5) is 2.49. The molecule has 2 unspecified atom stereocenters. The third kappa shape index (κ3) is 3.75. The van der Waals surface area contributed by atoms with Crippen molar-refractivity contribution in [1.29, 1.82) is 0 Å². The first-order valence-corrected chi connectivity index (χ1v) is 9.25. The highest BCUT2D eigenvalue weighted by Gasteiger charge is 2.33. The minimum absolute atomic E-state index is 0.00290. The van der Waals surface area contributed by atoms with Gasteiger partial charge in [-0.2, -0.15) is 0 Å². The molecule has 5 nitrogen and oxygen atoms in total. The average molecular weight is 309 g/mol. The number of benzene rings is 1. The van der Waals surface area contributed by atoms with E-state index >= 15 is 0 Å². The average Bonchev–Trinajstić information content (AvgIpc) is 2.84. The molecule has 3 rings (SSSR count). The first kappa shape index (κ1) is 14.8. The number of nitrogen functional groups attached to an aromatic ring is 1. The molecule has 2 aliphatic rings. The molecule has 2 saturated heterocycles. The second-order valence-corrected chi connectivity index (χ2v) is 7.93. The van der Waals surface area contributed by atoms with Crippen LogP contribution in [0.1, 0.15) is 31.2 Å². The van der Waals surface area contributed by atoms with Crippen molar-refractivity contribution >= 4 is 15.7 Å². The molecule has 0 spiro atoms. The van der Waals surface area contributed by atoms with Crippen LogP contribution in [-0.2, 0) is 15.8 Å². The Kier molecular flexibility index (Phi) is 4.19. The predicted octanol–water partition coefficient (Wildman–Crippen LogP) is 1.31. The van der Waals surface area contributed by atoms with E-state index < -0.39 is 10.0 Å². The quantitative estimate of drug-likeness (QED) is 0.823. The molecule has 0 bridgehead atoms. The standard InChI is InChI=1S/C15H23N3O2S/c16-13-4-1-3-12(9-13)11-21(19,20)17-14-6-8-18-7-2-5-15(18)10-14/h1,3-4,9,14-15,17H,2,5-8,10-11,16H2. The third-order valence-electron chi connectivity index (χ3n) is 4.47. The molecule has 0 aromatic heterocycles. The number of hydrogen-bond acceptors (Lipinski definition) is 4. The SMILES string of the molecule is Nc1cccc(CS(=O)(=O)NC2CCN3CCCC3C2)c1. The Bertz CT molecular complexity index is 603. The number of nitrogens with zero attached hydrogens (tertiary/aromatic N) is 1.